The molecule has 0 bridgehead atoms. The van der Waals surface area contributed by atoms with Crippen molar-refractivity contribution < 1.29 is 14.9 Å². The zero-order chi connectivity index (χ0) is 18.7. The summed E-state index contributed by atoms with van der Waals surface area (Å²) >= 11 is 0. The highest BCUT2D eigenvalue weighted by Gasteiger charge is 2.12. The molecule has 0 amide bonds. The van der Waals surface area contributed by atoms with Crippen molar-refractivity contribution in [3.05, 3.63) is 0 Å². The van der Waals surface area contributed by atoms with Gasteiger partial charge in [-0.15, -0.1) is 0 Å². The number of unbranched alkanes of at least 4 members (excludes halogenated alkanes) is 8. The summed E-state index contributed by atoms with van der Waals surface area (Å²) in [6.45, 7) is 2.25. The van der Waals surface area contributed by atoms with Crippen LogP contribution in [0.4, 0.5) is 0 Å². The van der Waals surface area contributed by atoms with Gasteiger partial charge in [0.25, 0.3) is 0 Å². The molecule has 0 aromatic carbocycles. The zero-order valence-corrected chi connectivity index (χ0v) is 17.1. The van der Waals surface area contributed by atoms with E-state index in [1.54, 1.807) is 0 Å². The summed E-state index contributed by atoms with van der Waals surface area (Å²) in [5.74, 6) is 1.06. The lowest BCUT2D eigenvalue weighted by atomic mass is 9.85. The lowest BCUT2D eigenvalue weighted by Crippen LogP contribution is -2.32. The van der Waals surface area contributed by atoms with Crippen LogP contribution in [-0.4, -0.2) is 49.2 Å². The standard InChI is InChI=1S/C22H45NO3/c24-17-16-23-19-22(25)20-26-18-12-7-5-3-1-2-4-6-9-13-21-14-10-8-11-15-21/h21-25H,1-20H2. The van der Waals surface area contributed by atoms with Crippen LogP contribution in [0.1, 0.15) is 96.3 Å². The summed E-state index contributed by atoms with van der Waals surface area (Å²) in [5.41, 5.74) is 0. The molecule has 0 radical (unpaired) electrons. The molecule has 156 valence electrons. The minimum absolute atomic E-state index is 0.105. The fraction of sp³-hybridized carbons (Fsp3) is 1.00. The van der Waals surface area contributed by atoms with Crippen molar-refractivity contribution in [3.8, 4) is 0 Å². The van der Waals surface area contributed by atoms with Gasteiger partial charge in [0, 0.05) is 19.7 Å². The highest BCUT2D eigenvalue weighted by Crippen LogP contribution is 2.28. The van der Waals surface area contributed by atoms with E-state index in [1.165, 1.54) is 89.9 Å². The molecule has 0 saturated heterocycles. The van der Waals surface area contributed by atoms with Crippen LogP contribution in [0.2, 0.25) is 0 Å². The number of ether oxygens (including phenoxy) is 1. The Morgan fingerprint density at radius 1 is 0.846 bits per heavy atom. The zero-order valence-electron chi connectivity index (χ0n) is 17.1. The van der Waals surface area contributed by atoms with Crippen molar-refractivity contribution in [1.29, 1.82) is 0 Å². The van der Waals surface area contributed by atoms with Crippen LogP contribution in [0.3, 0.4) is 0 Å². The first-order valence-corrected chi connectivity index (χ1v) is 11.4. The number of nitrogens with one attached hydrogen (secondary N) is 1. The Morgan fingerprint density at radius 2 is 1.46 bits per heavy atom. The smallest absolute Gasteiger partial charge is 0.0897 e. The minimum Gasteiger partial charge on any atom is -0.395 e. The van der Waals surface area contributed by atoms with E-state index >= 15 is 0 Å². The van der Waals surface area contributed by atoms with Gasteiger partial charge in [0.15, 0.2) is 0 Å². The van der Waals surface area contributed by atoms with Crippen molar-refractivity contribution in [2.75, 3.05) is 32.9 Å². The molecule has 1 aliphatic rings. The molecule has 26 heavy (non-hydrogen) atoms. The Balaban J connectivity index is 1.70. The molecular formula is C22H45NO3. The van der Waals surface area contributed by atoms with Crippen LogP contribution in [0, 0.1) is 5.92 Å². The summed E-state index contributed by atoms with van der Waals surface area (Å²) in [4.78, 5) is 0. The third-order valence-electron chi connectivity index (χ3n) is 5.60. The first-order chi connectivity index (χ1) is 12.8. The molecule has 1 unspecified atom stereocenters. The SMILES string of the molecule is OCCNCC(O)COCCCCCCCCCCCC1CCCCC1. The number of aliphatic hydroxyl groups excluding tert-OH is 2. The normalized spacial score (nSPS) is 16.8. The second-order valence-electron chi connectivity index (χ2n) is 8.13. The van der Waals surface area contributed by atoms with Crippen molar-refractivity contribution in [2.45, 2.75) is 102 Å². The second kappa shape index (κ2) is 18.2. The molecular weight excluding hydrogens is 326 g/mol. The van der Waals surface area contributed by atoms with Crippen LogP contribution in [0.25, 0.3) is 0 Å². The van der Waals surface area contributed by atoms with Crippen molar-refractivity contribution >= 4 is 0 Å². The lowest BCUT2D eigenvalue weighted by Gasteiger charge is -2.21. The highest BCUT2D eigenvalue weighted by atomic mass is 16.5. The monoisotopic (exact) mass is 371 g/mol. The highest BCUT2D eigenvalue weighted by molar-refractivity contribution is 4.65. The number of rotatable bonds is 18. The van der Waals surface area contributed by atoms with Gasteiger partial charge in [0.1, 0.15) is 0 Å². The molecule has 3 N–H and O–H groups in total. The van der Waals surface area contributed by atoms with Crippen molar-refractivity contribution in [2.24, 2.45) is 5.92 Å². The minimum atomic E-state index is -0.473. The summed E-state index contributed by atoms with van der Waals surface area (Å²) in [6, 6.07) is 0. The molecule has 4 heteroatoms. The first kappa shape index (κ1) is 23.9. The molecule has 0 aromatic heterocycles. The molecule has 0 aromatic rings. The van der Waals surface area contributed by atoms with Crippen molar-refractivity contribution in [3.63, 3.8) is 0 Å². The average Bonchev–Trinajstić information content (AvgIpc) is 2.66. The van der Waals surface area contributed by atoms with Gasteiger partial charge in [-0.25, -0.2) is 0 Å². The van der Waals surface area contributed by atoms with Gasteiger partial charge < -0.3 is 20.3 Å². The maximum atomic E-state index is 9.64. The maximum absolute atomic E-state index is 9.64. The molecule has 1 aliphatic carbocycles. The van der Waals surface area contributed by atoms with Crippen molar-refractivity contribution in [1.82, 2.24) is 5.32 Å². The van der Waals surface area contributed by atoms with E-state index in [1.807, 2.05) is 0 Å². The summed E-state index contributed by atoms with van der Waals surface area (Å²) in [7, 11) is 0. The third kappa shape index (κ3) is 15.0. The predicted octanol–water partition coefficient (Wildman–Crippen LogP) is 4.43. The van der Waals surface area contributed by atoms with Crippen LogP contribution < -0.4 is 5.32 Å². The van der Waals surface area contributed by atoms with E-state index in [2.05, 4.69) is 5.32 Å². The predicted molar refractivity (Wildman–Crippen MR) is 110 cm³/mol. The van der Waals surface area contributed by atoms with Crippen LogP contribution in [0.15, 0.2) is 0 Å². The second-order valence-corrected chi connectivity index (χ2v) is 8.13. The largest absolute Gasteiger partial charge is 0.395 e. The molecule has 0 heterocycles. The Kier molecular flexibility index (Phi) is 16.7. The average molecular weight is 372 g/mol. The lowest BCUT2D eigenvalue weighted by molar-refractivity contribution is 0.0350. The van der Waals surface area contributed by atoms with Gasteiger partial charge in [0.05, 0.1) is 19.3 Å². The Hall–Kier alpha value is -0.160. The van der Waals surface area contributed by atoms with E-state index in [4.69, 9.17) is 9.84 Å². The van der Waals surface area contributed by atoms with Gasteiger partial charge in [-0.05, 0) is 12.3 Å². The van der Waals surface area contributed by atoms with Crippen LogP contribution >= 0.6 is 0 Å². The third-order valence-corrected chi connectivity index (χ3v) is 5.60. The van der Waals surface area contributed by atoms with Gasteiger partial charge in [0.2, 0.25) is 0 Å². The Bertz CT molecular complexity index is 283. The van der Waals surface area contributed by atoms with Gasteiger partial charge in [-0.1, -0.05) is 89.9 Å². The van der Waals surface area contributed by atoms with E-state index in [-0.39, 0.29) is 6.61 Å². The number of hydrogen-bond donors (Lipinski definition) is 3. The Morgan fingerprint density at radius 3 is 2.12 bits per heavy atom. The Labute approximate surface area is 162 Å². The molecule has 1 rings (SSSR count). The molecule has 1 fully saturated rings. The van der Waals surface area contributed by atoms with Gasteiger partial charge in [-0.3, -0.25) is 0 Å². The van der Waals surface area contributed by atoms with E-state index in [9.17, 15) is 5.11 Å². The summed E-state index contributed by atoms with van der Waals surface area (Å²) in [6.07, 6.45) is 20.6. The van der Waals surface area contributed by atoms with Crippen LogP contribution in [0.5, 0.6) is 0 Å². The molecule has 0 spiro atoms. The van der Waals surface area contributed by atoms with E-state index in [0.29, 0.717) is 19.7 Å². The van der Waals surface area contributed by atoms with Gasteiger partial charge >= 0.3 is 0 Å². The maximum Gasteiger partial charge on any atom is 0.0897 e. The molecule has 4 nitrogen and oxygen atoms in total. The number of hydrogen-bond acceptors (Lipinski definition) is 4. The van der Waals surface area contributed by atoms with E-state index < -0.39 is 6.10 Å². The summed E-state index contributed by atoms with van der Waals surface area (Å²) in [5, 5.41) is 21.2. The van der Waals surface area contributed by atoms with E-state index in [0.717, 1.165) is 18.9 Å². The molecule has 1 saturated carbocycles. The first-order valence-electron chi connectivity index (χ1n) is 11.4. The fourth-order valence-corrected chi connectivity index (χ4v) is 3.98. The quantitative estimate of drug-likeness (QED) is 0.312. The molecule has 1 atom stereocenters. The molecule has 0 aliphatic heterocycles. The number of aliphatic hydroxyl groups is 2. The van der Waals surface area contributed by atoms with Crippen LogP contribution in [-0.2, 0) is 4.74 Å². The van der Waals surface area contributed by atoms with Gasteiger partial charge in [-0.2, -0.15) is 0 Å². The fourth-order valence-electron chi connectivity index (χ4n) is 3.98. The summed E-state index contributed by atoms with van der Waals surface area (Å²) < 4.78 is 5.50. The topological polar surface area (TPSA) is 61.7 Å².